The van der Waals surface area contributed by atoms with E-state index in [0.29, 0.717) is 28.1 Å². The van der Waals surface area contributed by atoms with E-state index in [4.69, 9.17) is 28.9 Å². The highest BCUT2D eigenvalue weighted by molar-refractivity contribution is 6.35. The monoisotopic (exact) mass is 336 g/mol. The van der Waals surface area contributed by atoms with Crippen molar-refractivity contribution in [2.45, 2.75) is 31.7 Å². The minimum absolute atomic E-state index is 0. The number of amides is 1. The summed E-state index contributed by atoms with van der Waals surface area (Å²) in [5.74, 6) is 0.238. The van der Waals surface area contributed by atoms with E-state index in [1.165, 1.54) is 6.42 Å². The van der Waals surface area contributed by atoms with Crippen molar-refractivity contribution in [2.75, 3.05) is 6.54 Å². The van der Waals surface area contributed by atoms with Gasteiger partial charge in [-0.1, -0.05) is 36.0 Å². The van der Waals surface area contributed by atoms with E-state index in [0.717, 1.165) is 19.3 Å². The van der Waals surface area contributed by atoms with Gasteiger partial charge in [0.1, 0.15) is 0 Å². The molecule has 3 N–H and O–H groups in total. The molecule has 6 heteroatoms. The van der Waals surface area contributed by atoms with Gasteiger partial charge in [0.2, 0.25) is 0 Å². The van der Waals surface area contributed by atoms with Gasteiger partial charge in [-0.25, -0.2) is 0 Å². The van der Waals surface area contributed by atoms with Gasteiger partial charge in [-0.2, -0.15) is 0 Å². The zero-order valence-corrected chi connectivity index (χ0v) is 13.4. The average Bonchev–Trinajstić information content (AvgIpc) is 2.38. The Balaban J connectivity index is 0.00000200. The Bertz CT molecular complexity index is 447. The smallest absolute Gasteiger partial charge is 0.251 e. The van der Waals surface area contributed by atoms with Crippen LogP contribution in [-0.2, 0) is 0 Å². The highest BCUT2D eigenvalue weighted by Gasteiger charge is 2.25. The Kier molecular flexibility index (Phi) is 7.10. The maximum Gasteiger partial charge on any atom is 0.251 e. The van der Waals surface area contributed by atoms with Gasteiger partial charge in [0.25, 0.3) is 5.91 Å². The van der Waals surface area contributed by atoms with Crippen molar-refractivity contribution in [2.24, 2.45) is 11.7 Å². The third-order valence-electron chi connectivity index (χ3n) is 3.65. The first-order valence-electron chi connectivity index (χ1n) is 6.57. The van der Waals surface area contributed by atoms with Crippen molar-refractivity contribution in [1.82, 2.24) is 5.32 Å². The minimum Gasteiger partial charge on any atom is -0.349 e. The molecule has 1 fully saturated rings. The second-order valence-electron chi connectivity index (χ2n) is 5.02. The molecule has 1 aliphatic rings. The molecule has 0 aliphatic heterocycles. The van der Waals surface area contributed by atoms with Gasteiger partial charge in [0.05, 0.1) is 0 Å². The van der Waals surface area contributed by atoms with Gasteiger partial charge in [-0.15, -0.1) is 12.4 Å². The molecule has 1 aliphatic carbocycles. The van der Waals surface area contributed by atoms with Crippen LogP contribution in [0.5, 0.6) is 0 Å². The van der Waals surface area contributed by atoms with E-state index in [9.17, 15) is 4.79 Å². The maximum atomic E-state index is 12.2. The van der Waals surface area contributed by atoms with Crippen LogP contribution in [0, 0.1) is 5.92 Å². The lowest BCUT2D eigenvalue weighted by Gasteiger charge is -2.31. The lowest BCUT2D eigenvalue weighted by molar-refractivity contribution is 0.0908. The first-order valence-corrected chi connectivity index (χ1v) is 7.33. The van der Waals surface area contributed by atoms with Crippen LogP contribution in [0.1, 0.15) is 36.0 Å². The van der Waals surface area contributed by atoms with Crippen molar-refractivity contribution in [3.8, 4) is 0 Å². The third-order valence-corrected chi connectivity index (χ3v) is 4.09. The summed E-state index contributed by atoms with van der Waals surface area (Å²) < 4.78 is 0. The standard InChI is InChI=1S/C14H18Cl2N2O.ClH/c15-11-5-10(6-12(16)7-11)14(19)18-13-4-2-1-3-9(13)8-17;/h5-7,9,13H,1-4,8,17H2,(H,18,19);1H. The van der Waals surface area contributed by atoms with Crippen molar-refractivity contribution in [1.29, 1.82) is 0 Å². The van der Waals surface area contributed by atoms with Crippen molar-refractivity contribution in [3.63, 3.8) is 0 Å². The quantitative estimate of drug-likeness (QED) is 0.884. The molecule has 1 aromatic rings. The fourth-order valence-corrected chi connectivity index (χ4v) is 3.14. The second-order valence-corrected chi connectivity index (χ2v) is 5.89. The Morgan fingerprint density at radius 3 is 2.40 bits per heavy atom. The van der Waals surface area contributed by atoms with Crippen LogP contribution in [0.25, 0.3) is 0 Å². The number of benzene rings is 1. The number of halogens is 3. The summed E-state index contributed by atoms with van der Waals surface area (Å²) in [5, 5.41) is 3.99. The predicted molar refractivity (Wildman–Crippen MR) is 86.0 cm³/mol. The molecule has 2 unspecified atom stereocenters. The van der Waals surface area contributed by atoms with Gasteiger partial charge in [0.15, 0.2) is 0 Å². The van der Waals surface area contributed by atoms with Gasteiger partial charge >= 0.3 is 0 Å². The third kappa shape index (κ3) is 4.52. The topological polar surface area (TPSA) is 55.1 Å². The molecule has 0 heterocycles. The van der Waals surface area contributed by atoms with Crippen LogP contribution < -0.4 is 11.1 Å². The molecule has 0 bridgehead atoms. The molecular weight excluding hydrogens is 319 g/mol. The molecule has 0 aromatic heterocycles. The summed E-state index contributed by atoms with van der Waals surface area (Å²) >= 11 is 11.8. The molecule has 2 atom stereocenters. The van der Waals surface area contributed by atoms with Crippen LogP contribution in [0.4, 0.5) is 0 Å². The molecule has 0 radical (unpaired) electrons. The molecule has 3 nitrogen and oxygen atoms in total. The first kappa shape index (κ1) is 17.6. The van der Waals surface area contributed by atoms with Crippen LogP contribution in [0.2, 0.25) is 10.0 Å². The van der Waals surface area contributed by atoms with Crippen LogP contribution >= 0.6 is 35.6 Å². The number of hydrogen-bond donors (Lipinski definition) is 2. The van der Waals surface area contributed by atoms with E-state index < -0.39 is 0 Å². The van der Waals surface area contributed by atoms with Crippen LogP contribution in [-0.4, -0.2) is 18.5 Å². The highest BCUT2D eigenvalue weighted by Crippen LogP contribution is 2.24. The van der Waals surface area contributed by atoms with E-state index >= 15 is 0 Å². The van der Waals surface area contributed by atoms with Crippen LogP contribution in [0.3, 0.4) is 0 Å². The molecule has 20 heavy (non-hydrogen) atoms. The Labute approximate surface area is 135 Å². The summed E-state index contributed by atoms with van der Waals surface area (Å²) in [6.45, 7) is 0.612. The zero-order chi connectivity index (χ0) is 13.8. The van der Waals surface area contributed by atoms with E-state index in [-0.39, 0.29) is 24.4 Å². The number of rotatable bonds is 3. The van der Waals surface area contributed by atoms with E-state index in [1.54, 1.807) is 18.2 Å². The molecule has 112 valence electrons. The Morgan fingerprint density at radius 2 is 1.80 bits per heavy atom. The number of nitrogens with one attached hydrogen (secondary N) is 1. The highest BCUT2D eigenvalue weighted by atomic mass is 35.5. The molecule has 1 saturated carbocycles. The number of carbonyl (C=O) groups is 1. The Hall–Kier alpha value is -0.480. The molecule has 1 amide bonds. The van der Waals surface area contributed by atoms with Crippen LogP contribution in [0.15, 0.2) is 18.2 Å². The van der Waals surface area contributed by atoms with E-state index in [2.05, 4.69) is 5.32 Å². The van der Waals surface area contributed by atoms with Gasteiger partial charge in [-0.05, 0) is 43.5 Å². The fraction of sp³-hybridized carbons (Fsp3) is 0.500. The lowest BCUT2D eigenvalue weighted by atomic mass is 9.84. The van der Waals surface area contributed by atoms with Gasteiger partial charge in [0, 0.05) is 21.7 Å². The molecule has 1 aromatic carbocycles. The second kappa shape index (κ2) is 8.08. The minimum atomic E-state index is -0.130. The Morgan fingerprint density at radius 1 is 1.20 bits per heavy atom. The van der Waals surface area contributed by atoms with Gasteiger partial charge < -0.3 is 11.1 Å². The largest absolute Gasteiger partial charge is 0.349 e. The number of nitrogens with two attached hydrogens (primary N) is 1. The van der Waals surface area contributed by atoms with E-state index in [1.807, 2.05) is 0 Å². The molecule has 0 spiro atoms. The molecule has 0 saturated heterocycles. The normalized spacial score (nSPS) is 21.9. The molecule has 2 rings (SSSR count). The predicted octanol–water partition coefficient (Wildman–Crippen LogP) is 3.66. The van der Waals surface area contributed by atoms with Crippen molar-refractivity contribution >= 4 is 41.5 Å². The summed E-state index contributed by atoms with van der Waals surface area (Å²) in [7, 11) is 0. The van der Waals surface area contributed by atoms with Gasteiger partial charge in [-0.3, -0.25) is 4.79 Å². The lowest BCUT2D eigenvalue weighted by Crippen LogP contribution is -2.44. The summed E-state index contributed by atoms with van der Waals surface area (Å²) in [4.78, 5) is 12.2. The SMILES string of the molecule is Cl.NCC1CCCCC1NC(=O)c1cc(Cl)cc(Cl)c1. The van der Waals surface area contributed by atoms with Crippen molar-refractivity contribution < 1.29 is 4.79 Å². The summed E-state index contributed by atoms with van der Waals surface area (Å²) in [6, 6.07) is 5.03. The number of carbonyl (C=O) groups excluding carboxylic acids is 1. The summed E-state index contributed by atoms with van der Waals surface area (Å²) in [6.07, 6.45) is 4.40. The zero-order valence-electron chi connectivity index (χ0n) is 11.1. The first-order chi connectivity index (χ1) is 9.10. The number of hydrogen-bond acceptors (Lipinski definition) is 2. The summed E-state index contributed by atoms with van der Waals surface area (Å²) in [5.41, 5.74) is 6.26. The van der Waals surface area contributed by atoms with Crippen molar-refractivity contribution in [3.05, 3.63) is 33.8 Å². The maximum absolute atomic E-state index is 12.2. The average molecular weight is 338 g/mol. The molecular formula is C14H19Cl3N2O. The fourth-order valence-electron chi connectivity index (χ4n) is 2.62.